The molecule has 1 heterocycles. The molecule has 0 spiro atoms. The van der Waals surface area contributed by atoms with Gasteiger partial charge in [0.2, 0.25) is 0 Å². The molecular weight excluding hydrogens is 238 g/mol. The van der Waals surface area contributed by atoms with Crippen LogP contribution in [0.4, 0.5) is 5.69 Å². The number of hydrogen-bond donors (Lipinski definition) is 2. The zero-order valence-corrected chi connectivity index (χ0v) is 12.1. The van der Waals surface area contributed by atoms with Crippen molar-refractivity contribution in [1.29, 1.82) is 0 Å². The minimum atomic E-state index is 0.00449. The Morgan fingerprint density at radius 2 is 2.00 bits per heavy atom. The summed E-state index contributed by atoms with van der Waals surface area (Å²) >= 11 is 0. The number of nitrogen functional groups attached to an aromatic ring is 1. The van der Waals surface area contributed by atoms with Crippen LogP contribution in [0.25, 0.3) is 0 Å². The molecule has 0 aliphatic heterocycles. The molecule has 106 valence electrons. The Labute approximate surface area is 115 Å². The van der Waals surface area contributed by atoms with E-state index in [0.29, 0.717) is 29.3 Å². The summed E-state index contributed by atoms with van der Waals surface area (Å²) in [7, 11) is 0. The first-order chi connectivity index (χ1) is 8.99. The number of nitrogens with one attached hydrogen (secondary N) is 1. The molecule has 19 heavy (non-hydrogen) atoms. The van der Waals surface area contributed by atoms with Crippen LogP contribution in [0.15, 0.2) is 12.3 Å². The van der Waals surface area contributed by atoms with Crippen molar-refractivity contribution >= 4 is 11.6 Å². The zero-order chi connectivity index (χ0) is 14.0. The van der Waals surface area contributed by atoms with Gasteiger partial charge in [0, 0.05) is 18.8 Å². The molecule has 3 N–H and O–H groups in total. The Morgan fingerprint density at radius 3 is 2.58 bits per heavy atom. The van der Waals surface area contributed by atoms with Gasteiger partial charge in [0.25, 0.3) is 5.91 Å². The molecule has 1 amide bonds. The molecule has 0 saturated heterocycles. The Hall–Kier alpha value is -1.45. The van der Waals surface area contributed by atoms with Gasteiger partial charge in [0.15, 0.2) is 0 Å². The zero-order valence-electron chi connectivity index (χ0n) is 12.1. The summed E-state index contributed by atoms with van der Waals surface area (Å²) in [6.07, 6.45) is 5.25. The second-order valence-electron chi connectivity index (χ2n) is 6.03. The maximum absolute atomic E-state index is 12.3. The van der Waals surface area contributed by atoms with Gasteiger partial charge in [-0.3, -0.25) is 4.79 Å². The molecule has 2 atom stereocenters. The third-order valence-electron chi connectivity index (χ3n) is 4.00. The third kappa shape index (κ3) is 3.31. The number of nitrogens with two attached hydrogens (primary N) is 1. The van der Waals surface area contributed by atoms with E-state index in [1.807, 2.05) is 17.7 Å². The number of aromatic nitrogens is 1. The molecule has 2 unspecified atom stereocenters. The molecule has 1 aliphatic rings. The predicted molar refractivity (Wildman–Crippen MR) is 78.0 cm³/mol. The normalized spacial score (nSPS) is 27.2. The maximum Gasteiger partial charge on any atom is 0.268 e. The highest BCUT2D eigenvalue weighted by Gasteiger charge is 2.26. The van der Waals surface area contributed by atoms with Crippen LogP contribution in [0.5, 0.6) is 0 Å². The summed E-state index contributed by atoms with van der Waals surface area (Å²) in [5, 5.41) is 3.17. The number of carbonyl (C=O) groups is 1. The molecule has 4 heteroatoms. The van der Waals surface area contributed by atoms with Gasteiger partial charge in [-0.05, 0) is 44.1 Å². The minimum absolute atomic E-state index is 0.00449. The van der Waals surface area contributed by atoms with Crippen molar-refractivity contribution in [3.8, 4) is 0 Å². The molecule has 4 nitrogen and oxygen atoms in total. The van der Waals surface area contributed by atoms with Crippen molar-refractivity contribution < 1.29 is 4.79 Å². The van der Waals surface area contributed by atoms with Gasteiger partial charge in [-0.2, -0.15) is 0 Å². The van der Waals surface area contributed by atoms with Crippen molar-refractivity contribution in [2.24, 2.45) is 11.8 Å². The number of nitrogens with zero attached hydrogens (tertiary/aromatic N) is 1. The number of carbonyl (C=O) groups excluding carboxylic acids is 1. The lowest BCUT2D eigenvalue weighted by molar-refractivity contribution is 0.0902. The molecule has 2 rings (SSSR count). The average Bonchev–Trinajstić information content (AvgIpc) is 2.69. The summed E-state index contributed by atoms with van der Waals surface area (Å²) in [4.78, 5) is 12.3. The molecule has 1 aliphatic carbocycles. The first-order valence-electron chi connectivity index (χ1n) is 7.26. The molecule has 1 aromatic heterocycles. The number of aryl methyl sites for hydroxylation is 1. The molecule has 1 fully saturated rings. The van der Waals surface area contributed by atoms with Gasteiger partial charge < -0.3 is 15.6 Å². The van der Waals surface area contributed by atoms with E-state index in [1.54, 1.807) is 6.07 Å². The minimum Gasteiger partial charge on any atom is -0.397 e. The maximum atomic E-state index is 12.3. The lowest BCUT2D eigenvalue weighted by Gasteiger charge is -2.32. The summed E-state index contributed by atoms with van der Waals surface area (Å²) in [5.74, 6) is 1.39. The van der Waals surface area contributed by atoms with Gasteiger partial charge in [-0.25, -0.2) is 0 Å². The van der Waals surface area contributed by atoms with Crippen LogP contribution in [-0.2, 0) is 6.54 Å². The Bertz CT molecular complexity index is 442. The Morgan fingerprint density at radius 1 is 1.37 bits per heavy atom. The van der Waals surface area contributed by atoms with E-state index in [-0.39, 0.29) is 5.91 Å². The van der Waals surface area contributed by atoms with E-state index in [2.05, 4.69) is 19.2 Å². The number of hydrogen-bond acceptors (Lipinski definition) is 2. The van der Waals surface area contributed by atoms with E-state index >= 15 is 0 Å². The van der Waals surface area contributed by atoms with Crippen LogP contribution < -0.4 is 11.1 Å². The van der Waals surface area contributed by atoms with Crippen LogP contribution >= 0.6 is 0 Å². The van der Waals surface area contributed by atoms with Gasteiger partial charge in [-0.15, -0.1) is 0 Å². The van der Waals surface area contributed by atoms with Crippen LogP contribution in [0.1, 0.15) is 50.5 Å². The molecule has 1 saturated carbocycles. The third-order valence-corrected chi connectivity index (χ3v) is 4.00. The Kier molecular flexibility index (Phi) is 4.17. The molecule has 0 radical (unpaired) electrons. The summed E-state index contributed by atoms with van der Waals surface area (Å²) in [6.45, 7) is 7.31. The second-order valence-corrected chi connectivity index (χ2v) is 6.03. The lowest BCUT2D eigenvalue weighted by Crippen LogP contribution is -2.40. The van der Waals surface area contributed by atoms with Crippen molar-refractivity contribution in [3.05, 3.63) is 18.0 Å². The molecular formula is C15H25N3O. The van der Waals surface area contributed by atoms with Crippen LogP contribution in [0.3, 0.4) is 0 Å². The van der Waals surface area contributed by atoms with Gasteiger partial charge in [0.1, 0.15) is 5.69 Å². The molecule has 1 aromatic rings. The highest BCUT2D eigenvalue weighted by atomic mass is 16.2. The van der Waals surface area contributed by atoms with Crippen molar-refractivity contribution in [2.75, 3.05) is 5.73 Å². The first kappa shape index (κ1) is 14.0. The number of rotatable bonds is 3. The fourth-order valence-electron chi connectivity index (χ4n) is 3.31. The second kappa shape index (κ2) is 5.68. The largest absolute Gasteiger partial charge is 0.397 e. The van der Waals surface area contributed by atoms with Gasteiger partial charge in [-0.1, -0.05) is 13.8 Å². The van der Waals surface area contributed by atoms with Gasteiger partial charge in [0.05, 0.1) is 5.69 Å². The average molecular weight is 263 g/mol. The van der Waals surface area contributed by atoms with Crippen LogP contribution in [-0.4, -0.2) is 16.5 Å². The van der Waals surface area contributed by atoms with E-state index < -0.39 is 0 Å². The number of amides is 1. The standard InChI is InChI=1S/C15H25N3O/c1-4-18-9-12(16)8-14(18)15(19)17-13-6-10(2)5-11(3)7-13/h8-11,13H,4-7,16H2,1-3H3,(H,17,19). The smallest absolute Gasteiger partial charge is 0.268 e. The fraction of sp³-hybridized carbons (Fsp3) is 0.667. The van der Waals surface area contributed by atoms with E-state index in [4.69, 9.17) is 5.73 Å². The Balaban J connectivity index is 2.04. The van der Waals surface area contributed by atoms with E-state index in [0.717, 1.165) is 19.4 Å². The highest BCUT2D eigenvalue weighted by molar-refractivity contribution is 5.94. The summed E-state index contributed by atoms with van der Waals surface area (Å²) < 4.78 is 1.90. The topological polar surface area (TPSA) is 60.0 Å². The fourth-order valence-corrected chi connectivity index (χ4v) is 3.31. The number of anilines is 1. The molecule has 0 bridgehead atoms. The van der Waals surface area contributed by atoms with Crippen LogP contribution in [0, 0.1) is 11.8 Å². The van der Waals surface area contributed by atoms with Crippen molar-refractivity contribution in [3.63, 3.8) is 0 Å². The summed E-state index contributed by atoms with van der Waals surface area (Å²) in [6, 6.07) is 2.06. The quantitative estimate of drug-likeness (QED) is 0.880. The first-order valence-corrected chi connectivity index (χ1v) is 7.26. The van der Waals surface area contributed by atoms with Gasteiger partial charge >= 0.3 is 0 Å². The van der Waals surface area contributed by atoms with Crippen LogP contribution in [0.2, 0.25) is 0 Å². The highest BCUT2D eigenvalue weighted by Crippen LogP contribution is 2.28. The van der Waals surface area contributed by atoms with Crippen molar-refractivity contribution in [1.82, 2.24) is 9.88 Å². The van der Waals surface area contributed by atoms with E-state index in [1.165, 1.54) is 6.42 Å². The van der Waals surface area contributed by atoms with Crippen molar-refractivity contribution in [2.45, 2.75) is 52.6 Å². The molecule has 0 aromatic carbocycles. The predicted octanol–water partition coefficient (Wildman–Crippen LogP) is 2.64. The monoisotopic (exact) mass is 263 g/mol. The lowest BCUT2D eigenvalue weighted by atomic mass is 9.80. The SMILES string of the molecule is CCn1cc(N)cc1C(=O)NC1CC(C)CC(C)C1. The van der Waals surface area contributed by atoms with E-state index in [9.17, 15) is 4.79 Å². The summed E-state index contributed by atoms with van der Waals surface area (Å²) in [5.41, 5.74) is 7.09.